The Labute approximate surface area is 187 Å². The van der Waals surface area contributed by atoms with Crippen LogP contribution in [-0.4, -0.2) is 15.5 Å². The normalized spacial score (nSPS) is 15.4. The maximum absolute atomic E-state index is 13.6. The van der Waals surface area contributed by atoms with E-state index in [1.807, 2.05) is 43.3 Å². The van der Waals surface area contributed by atoms with Crippen LogP contribution in [0.3, 0.4) is 0 Å². The third kappa shape index (κ3) is 3.46. The minimum atomic E-state index is -0.284. The predicted molar refractivity (Wildman–Crippen MR) is 130 cm³/mol. The number of nitrogens with one attached hydrogen (secondary N) is 2. The quantitative estimate of drug-likeness (QED) is 0.435. The van der Waals surface area contributed by atoms with E-state index in [1.165, 1.54) is 5.56 Å². The summed E-state index contributed by atoms with van der Waals surface area (Å²) in [4.78, 5) is 18.4. The average molecular weight is 423 g/mol. The van der Waals surface area contributed by atoms with Gasteiger partial charge in [-0.3, -0.25) is 9.36 Å². The van der Waals surface area contributed by atoms with Gasteiger partial charge >= 0.3 is 0 Å². The molecule has 4 aromatic rings. The Hall–Kier alpha value is -3.86. The van der Waals surface area contributed by atoms with E-state index in [1.54, 1.807) is 0 Å². The minimum absolute atomic E-state index is 0.116. The molecule has 3 aromatic carbocycles. The molecule has 1 aliphatic rings. The van der Waals surface area contributed by atoms with Gasteiger partial charge in [-0.2, -0.15) is 0 Å². The zero-order valence-electron chi connectivity index (χ0n) is 18.5. The standard InChI is InChI=1S/C27H26N4O/c1-4-19-12-14-21(15-13-19)29-26(32)24-18(3)28-27-30-22-10-5-6-11-23(22)31(27)25(24)20-9-7-8-17(2)16-20/h5-16,25H,4H2,1-3H3,(H,28,30)(H,29,32). The molecule has 0 fully saturated rings. The lowest BCUT2D eigenvalue weighted by molar-refractivity contribution is -0.113. The third-order valence-corrected chi connectivity index (χ3v) is 6.05. The smallest absolute Gasteiger partial charge is 0.255 e. The molecule has 2 N–H and O–H groups in total. The van der Waals surface area contributed by atoms with E-state index in [2.05, 4.69) is 65.4 Å². The zero-order chi connectivity index (χ0) is 22.2. The number of carbonyl (C=O) groups is 1. The number of fused-ring (bicyclic) bond motifs is 3. The molecular weight excluding hydrogens is 396 g/mol. The van der Waals surface area contributed by atoms with Gasteiger partial charge in [0.1, 0.15) is 0 Å². The fourth-order valence-electron chi connectivity index (χ4n) is 4.44. The van der Waals surface area contributed by atoms with Crippen molar-refractivity contribution in [1.29, 1.82) is 0 Å². The van der Waals surface area contributed by atoms with Crippen LogP contribution >= 0.6 is 0 Å². The monoisotopic (exact) mass is 422 g/mol. The van der Waals surface area contributed by atoms with Crippen molar-refractivity contribution < 1.29 is 4.79 Å². The molecule has 1 aromatic heterocycles. The lowest BCUT2D eigenvalue weighted by Crippen LogP contribution is -2.31. The van der Waals surface area contributed by atoms with Crippen molar-refractivity contribution in [3.8, 4) is 0 Å². The number of amides is 1. The molecule has 5 rings (SSSR count). The molecule has 0 saturated heterocycles. The zero-order valence-corrected chi connectivity index (χ0v) is 18.5. The van der Waals surface area contributed by atoms with E-state index < -0.39 is 0 Å². The van der Waals surface area contributed by atoms with Gasteiger partial charge in [0.2, 0.25) is 5.95 Å². The lowest BCUT2D eigenvalue weighted by Gasteiger charge is -2.31. The molecular formula is C27H26N4O. The average Bonchev–Trinajstić information content (AvgIpc) is 3.16. The number of nitrogens with zero attached hydrogens (tertiary/aromatic N) is 2. The maximum Gasteiger partial charge on any atom is 0.255 e. The van der Waals surface area contributed by atoms with Crippen molar-refractivity contribution in [3.05, 3.63) is 101 Å². The predicted octanol–water partition coefficient (Wildman–Crippen LogP) is 5.83. The number of aryl methyl sites for hydroxylation is 2. The summed E-state index contributed by atoms with van der Waals surface area (Å²) in [5.41, 5.74) is 7.62. The van der Waals surface area contributed by atoms with Crippen molar-refractivity contribution in [2.75, 3.05) is 10.6 Å². The number of benzene rings is 3. The van der Waals surface area contributed by atoms with Crippen LogP contribution in [-0.2, 0) is 11.2 Å². The Morgan fingerprint density at radius 3 is 2.56 bits per heavy atom. The van der Waals surface area contributed by atoms with Crippen molar-refractivity contribution in [2.24, 2.45) is 0 Å². The molecule has 1 atom stereocenters. The van der Waals surface area contributed by atoms with Gasteiger partial charge in [-0.1, -0.05) is 61.0 Å². The molecule has 5 nitrogen and oxygen atoms in total. The van der Waals surface area contributed by atoms with Crippen LogP contribution in [0.2, 0.25) is 0 Å². The summed E-state index contributed by atoms with van der Waals surface area (Å²) in [6.07, 6.45) is 0.967. The highest BCUT2D eigenvalue weighted by Crippen LogP contribution is 2.39. The van der Waals surface area contributed by atoms with Crippen LogP contribution < -0.4 is 10.6 Å². The second-order valence-corrected chi connectivity index (χ2v) is 8.28. The Morgan fingerprint density at radius 2 is 1.81 bits per heavy atom. The second-order valence-electron chi connectivity index (χ2n) is 8.28. The van der Waals surface area contributed by atoms with Gasteiger partial charge < -0.3 is 10.6 Å². The highest BCUT2D eigenvalue weighted by molar-refractivity contribution is 6.06. The Morgan fingerprint density at radius 1 is 1.03 bits per heavy atom. The van der Waals surface area contributed by atoms with Gasteiger partial charge in [-0.05, 0) is 55.7 Å². The number of aromatic nitrogens is 2. The lowest BCUT2D eigenvalue weighted by atomic mass is 9.93. The molecule has 2 heterocycles. The highest BCUT2D eigenvalue weighted by atomic mass is 16.1. The van der Waals surface area contributed by atoms with Crippen LogP contribution in [0.25, 0.3) is 11.0 Å². The van der Waals surface area contributed by atoms with Gasteiger partial charge in [0.05, 0.1) is 22.6 Å². The van der Waals surface area contributed by atoms with Crippen molar-refractivity contribution in [2.45, 2.75) is 33.2 Å². The molecule has 1 unspecified atom stereocenters. The first kappa shape index (κ1) is 20.1. The molecule has 1 aliphatic heterocycles. The third-order valence-electron chi connectivity index (χ3n) is 6.05. The van der Waals surface area contributed by atoms with Crippen LogP contribution in [0, 0.1) is 6.92 Å². The van der Waals surface area contributed by atoms with E-state index in [-0.39, 0.29) is 11.9 Å². The summed E-state index contributed by atoms with van der Waals surface area (Å²) in [5.74, 6) is 0.633. The molecule has 0 radical (unpaired) electrons. The maximum atomic E-state index is 13.6. The summed E-state index contributed by atoms with van der Waals surface area (Å²) in [7, 11) is 0. The fraction of sp³-hybridized carbons (Fsp3) is 0.185. The Balaban J connectivity index is 1.63. The molecule has 0 saturated carbocycles. The number of para-hydroxylation sites is 2. The molecule has 32 heavy (non-hydrogen) atoms. The van der Waals surface area contributed by atoms with E-state index >= 15 is 0 Å². The van der Waals surface area contributed by atoms with Gasteiger partial charge in [0, 0.05) is 11.4 Å². The Kier molecular flexibility index (Phi) is 5.02. The van der Waals surface area contributed by atoms with E-state index in [0.29, 0.717) is 5.57 Å². The summed E-state index contributed by atoms with van der Waals surface area (Å²) in [5, 5.41) is 6.48. The van der Waals surface area contributed by atoms with E-state index in [4.69, 9.17) is 4.98 Å². The number of hydrogen-bond donors (Lipinski definition) is 2. The molecule has 1 amide bonds. The first-order chi connectivity index (χ1) is 15.5. The van der Waals surface area contributed by atoms with Gasteiger partial charge in [0.25, 0.3) is 5.91 Å². The molecule has 160 valence electrons. The number of allylic oxidation sites excluding steroid dienone is 1. The first-order valence-electron chi connectivity index (χ1n) is 11.0. The highest BCUT2D eigenvalue weighted by Gasteiger charge is 2.34. The number of rotatable bonds is 4. The molecule has 0 spiro atoms. The number of imidazole rings is 1. The van der Waals surface area contributed by atoms with Crippen LogP contribution in [0.5, 0.6) is 0 Å². The van der Waals surface area contributed by atoms with Crippen LogP contribution in [0.15, 0.2) is 84.1 Å². The number of anilines is 2. The van der Waals surface area contributed by atoms with Crippen LogP contribution in [0.4, 0.5) is 11.6 Å². The van der Waals surface area contributed by atoms with E-state index in [9.17, 15) is 4.79 Å². The summed E-state index contributed by atoms with van der Waals surface area (Å²) in [6.45, 7) is 6.14. The molecule has 5 heteroatoms. The Bertz CT molecular complexity index is 1350. The number of hydrogen-bond acceptors (Lipinski definition) is 3. The SMILES string of the molecule is CCc1ccc(NC(=O)C2=C(C)Nc3nc4ccccc4n3C2c2cccc(C)c2)cc1. The second kappa shape index (κ2) is 8.00. The van der Waals surface area contributed by atoms with Crippen LogP contribution in [0.1, 0.15) is 36.6 Å². The first-order valence-corrected chi connectivity index (χ1v) is 11.0. The minimum Gasteiger partial charge on any atom is -0.329 e. The summed E-state index contributed by atoms with van der Waals surface area (Å²) in [6, 6.07) is 24.1. The molecule has 0 aliphatic carbocycles. The van der Waals surface area contributed by atoms with Gasteiger partial charge in [-0.25, -0.2) is 4.98 Å². The van der Waals surface area contributed by atoms with E-state index in [0.717, 1.165) is 45.9 Å². The topological polar surface area (TPSA) is 59.0 Å². The fourth-order valence-corrected chi connectivity index (χ4v) is 4.44. The van der Waals surface area contributed by atoms with Gasteiger partial charge in [-0.15, -0.1) is 0 Å². The summed E-state index contributed by atoms with van der Waals surface area (Å²) < 4.78 is 2.13. The van der Waals surface area contributed by atoms with Crippen molar-refractivity contribution in [3.63, 3.8) is 0 Å². The number of carbonyl (C=O) groups excluding carboxylic acids is 1. The van der Waals surface area contributed by atoms with Gasteiger partial charge in [0.15, 0.2) is 0 Å². The van der Waals surface area contributed by atoms with Crippen molar-refractivity contribution in [1.82, 2.24) is 9.55 Å². The largest absolute Gasteiger partial charge is 0.329 e. The molecule has 0 bridgehead atoms. The van der Waals surface area contributed by atoms with Crippen molar-refractivity contribution >= 4 is 28.6 Å². The summed E-state index contributed by atoms with van der Waals surface area (Å²) >= 11 is 0.